The lowest BCUT2D eigenvalue weighted by atomic mass is 10.3. The van der Waals surface area contributed by atoms with Gasteiger partial charge in [-0.2, -0.15) is 0 Å². The van der Waals surface area contributed by atoms with Crippen LogP contribution in [-0.2, 0) is 0 Å². The highest BCUT2D eigenvalue weighted by Crippen LogP contribution is 2.23. The first-order valence-electron chi connectivity index (χ1n) is 5.16. The molecule has 0 fully saturated rings. The number of carboxylic acids is 1. The van der Waals surface area contributed by atoms with Crippen molar-refractivity contribution in [1.82, 2.24) is 9.97 Å². The van der Waals surface area contributed by atoms with Crippen molar-refractivity contribution in [1.29, 1.82) is 0 Å². The summed E-state index contributed by atoms with van der Waals surface area (Å²) in [5, 5.41) is 11.8. The van der Waals surface area contributed by atoms with Gasteiger partial charge in [-0.1, -0.05) is 23.2 Å². The summed E-state index contributed by atoms with van der Waals surface area (Å²) in [7, 11) is 0. The second kappa shape index (κ2) is 4.99. The van der Waals surface area contributed by atoms with Crippen molar-refractivity contribution >= 4 is 40.8 Å². The van der Waals surface area contributed by atoms with Gasteiger partial charge in [0, 0.05) is 5.69 Å². The van der Waals surface area contributed by atoms with Crippen LogP contribution in [0.4, 0.5) is 5.69 Å². The van der Waals surface area contributed by atoms with E-state index in [2.05, 4.69) is 15.3 Å². The van der Waals surface area contributed by atoms with E-state index >= 15 is 0 Å². The van der Waals surface area contributed by atoms with E-state index in [9.17, 15) is 9.59 Å². The molecule has 6 nitrogen and oxygen atoms in total. The van der Waals surface area contributed by atoms with E-state index in [1.54, 1.807) is 6.92 Å². The highest BCUT2D eigenvalue weighted by Gasteiger charge is 2.17. The number of hydrogen-bond acceptors (Lipinski definition) is 2. The van der Waals surface area contributed by atoms with Crippen molar-refractivity contribution in [2.24, 2.45) is 0 Å². The molecule has 8 heteroatoms. The Morgan fingerprint density at radius 3 is 2.47 bits per heavy atom. The number of carboxylic acid groups (broad SMARTS) is 1. The number of H-pyrrole nitrogens is 2. The van der Waals surface area contributed by atoms with Crippen LogP contribution in [0.15, 0.2) is 12.1 Å². The molecular weight excluding hydrogens is 293 g/mol. The van der Waals surface area contributed by atoms with Gasteiger partial charge < -0.3 is 20.4 Å². The minimum Gasteiger partial charge on any atom is -0.477 e. The number of carbonyl (C=O) groups is 2. The monoisotopic (exact) mass is 301 g/mol. The third-order valence-corrected chi connectivity index (χ3v) is 3.08. The van der Waals surface area contributed by atoms with Crippen molar-refractivity contribution in [3.63, 3.8) is 0 Å². The molecule has 0 spiro atoms. The lowest BCUT2D eigenvalue weighted by Crippen LogP contribution is -2.14. The number of anilines is 1. The summed E-state index contributed by atoms with van der Waals surface area (Å²) < 4.78 is 0. The molecule has 2 aromatic rings. The van der Waals surface area contributed by atoms with Crippen LogP contribution in [-0.4, -0.2) is 27.0 Å². The minimum atomic E-state index is -1.16. The maximum atomic E-state index is 11.9. The van der Waals surface area contributed by atoms with E-state index in [0.717, 1.165) is 0 Å². The number of amides is 1. The Labute approximate surface area is 117 Å². The summed E-state index contributed by atoms with van der Waals surface area (Å²) in [5.41, 5.74) is 0.854. The average Bonchev–Trinajstić information content (AvgIpc) is 2.83. The highest BCUT2D eigenvalue weighted by atomic mass is 35.5. The maximum absolute atomic E-state index is 11.9. The molecule has 2 heterocycles. The molecule has 2 rings (SSSR count). The zero-order chi connectivity index (χ0) is 14.2. The molecule has 1 amide bonds. The van der Waals surface area contributed by atoms with E-state index in [-0.39, 0.29) is 27.3 Å². The number of halogens is 2. The first kappa shape index (κ1) is 13.5. The van der Waals surface area contributed by atoms with Gasteiger partial charge in [-0.3, -0.25) is 4.79 Å². The zero-order valence-electron chi connectivity index (χ0n) is 9.67. The third kappa shape index (κ3) is 2.74. The number of carbonyl (C=O) groups excluding carboxylic acids is 1. The summed E-state index contributed by atoms with van der Waals surface area (Å²) in [6, 6.07) is 2.88. The lowest BCUT2D eigenvalue weighted by Gasteiger charge is -2.02. The predicted octanol–water partition coefficient (Wildman–Crippen LogP) is 2.91. The zero-order valence-corrected chi connectivity index (χ0v) is 11.2. The first-order chi connectivity index (χ1) is 8.88. The highest BCUT2D eigenvalue weighted by molar-refractivity contribution is 6.41. The van der Waals surface area contributed by atoms with E-state index in [4.69, 9.17) is 28.3 Å². The van der Waals surface area contributed by atoms with Gasteiger partial charge in [0.15, 0.2) is 0 Å². The second-order valence-corrected chi connectivity index (χ2v) is 4.63. The SMILES string of the molecule is Cc1cc(NC(=O)c2cc(Cl)c(Cl)[nH]2)c(C(=O)O)[nH]1. The van der Waals surface area contributed by atoms with Crippen LogP contribution in [0.5, 0.6) is 0 Å². The van der Waals surface area contributed by atoms with Gasteiger partial charge in [-0.05, 0) is 19.1 Å². The third-order valence-electron chi connectivity index (χ3n) is 2.38. The summed E-state index contributed by atoms with van der Waals surface area (Å²) in [6.07, 6.45) is 0. The van der Waals surface area contributed by atoms with E-state index in [0.29, 0.717) is 5.69 Å². The maximum Gasteiger partial charge on any atom is 0.354 e. The number of nitrogens with one attached hydrogen (secondary N) is 3. The number of aromatic nitrogens is 2. The summed E-state index contributed by atoms with van der Waals surface area (Å²) in [5.74, 6) is -1.69. The molecule has 100 valence electrons. The largest absolute Gasteiger partial charge is 0.477 e. The fourth-order valence-corrected chi connectivity index (χ4v) is 1.89. The molecule has 0 radical (unpaired) electrons. The molecule has 0 bridgehead atoms. The van der Waals surface area contributed by atoms with Crippen molar-refractivity contribution in [2.75, 3.05) is 5.32 Å². The number of aromatic amines is 2. The Bertz CT molecular complexity index is 641. The van der Waals surface area contributed by atoms with Crippen molar-refractivity contribution in [3.05, 3.63) is 39.4 Å². The van der Waals surface area contributed by atoms with Crippen molar-refractivity contribution in [3.8, 4) is 0 Å². The van der Waals surface area contributed by atoms with Gasteiger partial charge in [0.2, 0.25) is 0 Å². The summed E-state index contributed by atoms with van der Waals surface area (Å²) >= 11 is 11.4. The van der Waals surface area contributed by atoms with Crippen molar-refractivity contribution in [2.45, 2.75) is 6.92 Å². The molecule has 2 aromatic heterocycles. The Morgan fingerprint density at radius 1 is 1.26 bits per heavy atom. The van der Waals surface area contributed by atoms with E-state index < -0.39 is 11.9 Å². The van der Waals surface area contributed by atoms with Gasteiger partial charge in [0.25, 0.3) is 5.91 Å². The van der Waals surface area contributed by atoms with Gasteiger partial charge in [-0.15, -0.1) is 0 Å². The molecule has 0 aliphatic carbocycles. The van der Waals surface area contributed by atoms with Crippen LogP contribution < -0.4 is 5.32 Å². The molecule has 0 saturated heterocycles. The molecule has 0 aromatic carbocycles. The van der Waals surface area contributed by atoms with Crippen molar-refractivity contribution < 1.29 is 14.7 Å². The molecular formula is C11H9Cl2N3O3. The number of hydrogen-bond donors (Lipinski definition) is 4. The molecule has 0 atom stereocenters. The fourth-order valence-electron chi connectivity index (χ4n) is 1.57. The molecule has 4 N–H and O–H groups in total. The minimum absolute atomic E-state index is 0.0883. The van der Waals surface area contributed by atoms with Crippen LogP contribution in [0.3, 0.4) is 0 Å². The number of aryl methyl sites for hydroxylation is 1. The normalized spacial score (nSPS) is 10.5. The quantitative estimate of drug-likeness (QED) is 0.701. The smallest absolute Gasteiger partial charge is 0.354 e. The van der Waals surface area contributed by atoms with Crippen LogP contribution in [0.25, 0.3) is 0 Å². The first-order valence-corrected chi connectivity index (χ1v) is 5.92. The predicted molar refractivity (Wildman–Crippen MR) is 71.3 cm³/mol. The molecule has 0 aliphatic rings. The van der Waals surface area contributed by atoms with E-state index in [1.807, 2.05) is 0 Å². The van der Waals surface area contributed by atoms with Gasteiger partial charge in [0.05, 0.1) is 10.7 Å². The summed E-state index contributed by atoms with van der Waals surface area (Å²) in [6.45, 7) is 1.68. The van der Waals surface area contributed by atoms with Gasteiger partial charge >= 0.3 is 5.97 Å². The standard InChI is InChI=1S/C11H9Cl2N3O3/c1-4-2-6(8(14-4)11(18)19)16-10(17)7-3-5(12)9(13)15-7/h2-3,14-15H,1H3,(H,16,17)(H,18,19). The Kier molecular flexibility index (Phi) is 3.55. The van der Waals surface area contributed by atoms with Gasteiger partial charge in [0.1, 0.15) is 16.5 Å². The van der Waals surface area contributed by atoms with E-state index in [1.165, 1.54) is 12.1 Å². The molecule has 0 unspecified atom stereocenters. The Hall–Kier alpha value is -1.92. The molecule has 0 saturated carbocycles. The van der Waals surface area contributed by atoms with Gasteiger partial charge in [-0.25, -0.2) is 4.79 Å². The van der Waals surface area contributed by atoms with Crippen LogP contribution in [0, 0.1) is 6.92 Å². The van der Waals surface area contributed by atoms with Crippen LogP contribution in [0.2, 0.25) is 10.2 Å². The average molecular weight is 302 g/mol. The summed E-state index contributed by atoms with van der Waals surface area (Å²) in [4.78, 5) is 28.1. The second-order valence-electron chi connectivity index (χ2n) is 3.85. The fraction of sp³-hybridized carbons (Fsp3) is 0.0909. The Morgan fingerprint density at radius 2 is 1.95 bits per heavy atom. The number of rotatable bonds is 3. The topological polar surface area (TPSA) is 98.0 Å². The van der Waals surface area contributed by atoms with Crippen LogP contribution >= 0.6 is 23.2 Å². The molecule has 19 heavy (non-hydrogen) atoms. The lowest BCUT2D eigenvalue weighted by molar-refractivity contribution is 0.0692. The Balaban J connectivity index is 2.26. The molecule has 0 aliphatic heterocycles. The van der Waals surface area contributed by atoms with Crippen LogP contribution in [0.1, 0.15) is 26.7 Å². The number of aromatic carboxylic acids is 1.